The van der Waals surface area contributed by atoms with Gasteiger partial charge in [-0.15, -0.1) is 11.3 Å². The number of nitrogens with zero attached hydrogens (tertiary/aromatic N) is 2. The van der Waals surface area contributed by atoms with E-state index in [9.17, 15) is 4.79 Å². The van der Waals surface area contributed by atoms with Crippen LogP contribution in [0.25, 0.3) is 6.08 Å². The van der Waals surface area contributed by atoms with Gasteiger partial charge in [0, 0.05) is 18.0 Å². The van der Waals surface area contributed by atoms with E-state index in [2.05, 4.69) is 39.5 Å². The highest BCUT2D eigenvalue weighted by Crippen LogP contribution is 2.24. The third-order valence-electron chi connectivity index (χ3n) is 5.60. The molecule has 1 unspecified atom stereocenters. The number of thiazole rings is 1. The minimum Gasteiger partial charge on any atom is -0.487 e. The first-order valence-electron chi connectivity index (χ1n) is 11.1. The molecule has 5 nitrogen and oxygen atoms in total. The number of aromatic nitrogens is 1. The maximum Gasteiger partial charge on any atom is 0.244 e. The maximum absolute atomic E-state index is 12.4. The van der Waals surface area contributed by atoms with E-state index in [0.717, 1.165) is 35.1 Å². The molecule has 2 heterocycles. The van der Waals surface area contributed by atoms with E-state index in [1.807, 2.05) is 48.7 Å². The monoisotopic (exact) mass is 447 g/mol. The summed E-state index contributed by atoms with van der Waals surface area (Å²) in [5.41, 5.74) is 3.15. The Hall–Kier alpha value is -2.96. The summed E-state index contributed by atoms with van der Waals surface area (Å²) in [7, 11) is 0. The van der Waals surface area contributed by atoms with E-state index in [4.69, 9.17) is 4.74 Å². The van der Waals surface area contributed by atoms with Crippen LogP contribution >= 0.6 is 11.3 Å². The normalized spacial score (nSPS) is 15.2. The van der Waals surface area contributed by atoms with Crippen molar-refractivity contribution in [3.05, 3.63) is 87.9 Å². The number of carbonyl (C=O) groups is 1. The Labute approximate surface area is 193 Å². The number of nitrogens with one attached hydrogen (secondary N) is 1. The Morgan fingerprint density at radius 1 is 1.16 bits per heavy atom. The van der Waals surface area contributed by atoms with E-state index in [-0.39, 0.29) is 11.9 Å². The predicted octanol–water partition coefficient (Wildman–Crippen LogP) is 5.00. The van der Waals surface area contributed by atoms with Gasteiger partial charge in [-0.3, -0.25) is 9.69 Å². The third-order valence-corrected chi connectivity index (χ3v) is 6.42. The Kier molecular flexibility index (Phi) is 7.69. The molecule has 1 fully saturated rings. The molecule has 3 aromatic rings. The van der Waals surface area contributed by atoms with Crippen molar-refractivity contribution in [2.45, 2.75) is 32.4 Å². The van der Waals surface area contributed by atoms with Crippen molar-refractivity contribution in [3.63, 3.8) is 0 Å². The third kappa shape index (κ3) is 6.28. The fraction of sp³-hybridized carbons (Fsp3) is 0.308. The molecule has 0 bridgehead atoms. The average Bonchev–Trinajstić information content (AvgIpc) is 3.50. The summed E-state index contributed by atoms with van der Waals surface area (Å²) in [5.74, 6) is 0.706. The van der Waals surface area contributed by atoms with E-state index < -0.39 is 0 Å². The fourth-order valence-corrected chi connectivity index (χ4v) is 4.52. The quantitative estimate of drug-likeness (QED) is 0.469. The lowest BCUT2D eigenvalue weighted by Gasteiger charge is -2.28. The summed E-state index contributed by atoms with van der Waals surface area (Å²) in [6, 6.07) is 18.4. The van der Waals surface area contributed by atoms with Gasteiger partial charge in [0.05, 0.1) is 16.7 Å². The number of hydrogen-bond donors (Lipinski definition) is 1. The summed E-state index contributed by atoms with van der Waals surface area (Å²) in [6.07, 6.45) is 5.87. The molecule has 1 atom stereocenters. The van der Waals surface area contributed by atoms with Crippen LogP contribution in [0.1, 0.15) is 40.7 Å². The van der Waals surface area contributed by atoms with Crippen LogP contribution in [0.15, 0.2) is 66.1 Å². The molecule has 1 aliphatic heterocycles. The first-order chi connectivity index (χ1) is 15.7. The smallest absolute Gasteiger partial charge is 0.244 e. The van der Waals surface area contributed by atoms with Gasteiger partial charge in [-0.25, -0.2) is 4.98 Å². The first-order valence-corrected chi connectivity index (χ1v) is 11.9. The summed E-state index contributed by atoms with van der Waals surface area (Å²) in [5, 5.41) is 6.13. The second-order valence-electron chi connectivity index (χ2n) is 7.96. The SMILES string of the molecule is Cc1nc(COc2ccc(/C=C/C(=O)NCC(c3ccccc3)N3CCCC3)cc2)cs1. The van der Waals surface area contributed by atoms with Gasteiger partial charge >= 0.3 is 0 Å². The van der Waals surface area contributed by atoms with Crippen LogP contribution in [-0.4, -0.2) is 35.4 Å². The van der Waals surface area contributed by atoms with Crippen molar-refractivity contribution in [2.24, 2.45) is 0 Å². The number of rotatable bonds is 9. The zero-order valence-corrected chi connectivity index (χ0v) is 19.2. The number of benzene rings is 2. The fourth-order valence-electron chi connectivity index (χ4n) is 3.92. The summed E-state index contributed by atoms with van der Waals surface area (Å²) in [4.78, 5) is 19.3. The van der Waals surface area contributed by atoms with Gasteiger partial charge in [-0.1, -0.05) is 42.5 Å². The van der Waals surface area contributed by atoms with E-state index in [0.29, 0.717) is 13.2 Å². The van der Waals surface area contributed by atoms with Crippen LogP contribution in [0.4, 0.5) is 0 Å². The molecule has 32 heavy (non-hydrogen) atoms. The Morgan fingerprint density at radius 3 is 2.59 bits per heavy atom. The van der Waals surface area contributed by atoms with Gasteiger partial charge in [0.25, 0.3) is 0 Å². The molecule has 0 aliphatic carbocycles. The molecule has 0 spiro atoms. The second kappa shape index (κ2) is 11.1. The van der Waals surface area contributed by atoms with Crippen LogP contribution < -0.4 is 10.1 Å². The number of carbonyl (C=O) groups excluding carboxylic acids is 1. The van der Waals surface area contributed by atoms with Gasteiger partial charge in [-0.2, -0.15) is 0 Å². The van der Waals surface area contributed by atoms with Crippen molar-refractivity contribution in [1.82, 2.24) is 15.2 Å². The topological polar surface area (TPSA) is 54.5 Å². The molecule has 0 radical (unpaired) electrons. The number of ether oxygens (including phenoxy) is 1. The van der Waals surface area contributed by atoms with Crippen molar-refractivity contribution in [2.75, 3.05) is 19.6 Å². The standard InChI is InChI=1S/C26H29N3O2S/c1-20-28-23(19-32-20)18-31-24-12-9-21(10-13-24)11-14-26(30)27-17-25(29-15-5-6-16-29)22-7-3-2-4-8-22/h2-4,7-14,19,25H,5-6,15-18H2,1H3,(H,27,30)/b14-11+. The van der Waals surface area contributed by atoms with E-state index in [1.54, 1.807) is 17.4 Å². The zero-order valence-electron chi connectivity index (χ0n) is 18.4. The lowest BCUT2D eigenvalue weighted by molar-refractivity contribution is -0.116. The lowest BCUT2D eigenvalue weighted by Crippen LogP contribution is -2.36. The minimum absolute atomic E-state index is 0.0793. The summed E-state index contributed by atoms with van der Waals surface area (Å²) >= 11 is 1.62. The van der Waals surface area contributed by atoms with Crippen molar-refractivity contribution < 1.29 is 9.53 Å². The van der Waals surface area contributed by atoms with Crippen molar-refractivity contribution >= 4 is 23.3 Å². The number of amides is 1. The molecule has 1 aliphatic rings. The molecule has 2 aromatic carbocycles. The maximum atomic E-state index is 12.4. The lowest BCUT2D eigenvalue weighted by atomic mass is 10.1. The van der Waals surface area contributed by atoms with Gasteiger partial charge in [0.15, 0.2) is 0 Å². The van der Waals surface area contributed by atoms with Crippen LogP contribution in [0, 0.1) is 6.92 Å². The first kappa shape index (κ1) is 22.2. The van der Waals surface area contributed by atoms with Gasteiger partial charge in [0.2, 0.25) is 5.91 Å². The van der Waals surface area contributed by atoms with Gasteiger partial charge in [-0.05, 0) is 62.2 Å². The van der Waals surface area contributed by atoms with E-state index >= 15 is 0 Å². The van der Waals surface area contributed by atoms with Crippen LogP contribution in [0.2, 0.25) is 0 Å². The average molecular weight is 448 g/mol. The highest BCUT2D eigenvalue weighted by molar-refractivity contribution is 7.09. The molecule has 6 heteroatoms. The second-order valence-corrected chi connectivity index (χ2v) is 9.03. The molecule has 1 saturated heterocycles. The minimum atomic E-state index is -0.0793. The summed E-state index contributed by atoms with van der Waals surface area (Å²) < 4.78 is 5.78. The predicted molar refractivity (Wildman–Crippen MR) is 130 cm³/mol. The number of likely N-dealkylation sites (tertiary alicyclic amines) is 1. The van der Waals surface area contributed by atoms with Crippen molar-refractivity contribution in [1.29, 1.82) is 0 Å². The number of hydrogen-bond acceptors (Lipinski definition) is 5. The van der Waals surface area contributed by atoms with Crippen LogP contribution in [0.3, 0.4) is 0 Å². The molecule has 0 saturated carbocycles. The highest BCUT2D eigenvalue weighted by Gasteiger charge is 2.23. The molecular weight excluding hydrogens is 418 g/mol. The molecule has 1 aromatic heterocycles. The Bertz CT molecular complexity index is 1020. The van der Waals surface area contributed by atoms with Crippen LogP contribution in [0.5, 0.6) is 5.75 Å². The molecule has 166 valence electrons. The van der Waals surface area contributed by atoms with Crippen molar-refractivity contribution in [3.8, 4) is 5.75 Å². The largest absolute Gasteiger partial charge is 0.487 e. The molecule has 1 N–H and O–H groups in total. The molecule has 1 amide bonds. The number of aryl methyl sites for hydroxylation is 1. The highest BCUT2D eigenvalue weighted by atomic mass is 32.1. The zero-order chi connectivity index (χ0) is 22.2. The molecular formula is C26H29N3O2S. The van der Waals surface area contributed by atoms with E-state index in [1.165, 1.54) is 18.4 Å². The molecule has 4 rings (SSSR count). The Balaban J connectivity index is 1.28. The van der Waals surface area contributed by atoms with Gasteiger partial charge in [0.1, 0.15) is 12.4 Å². The Morgan fingerprint density at radius 2 is 1.91 bits per heavy atom. The summed E-state index contributed by atoms with van der Waals surface area (Å²) in [6.45, 7) is 5.22. The van der Waals surface area contributed by atoms with Crippen LogP contribution in [-0.2, 0) is 11.4 Å². The van der Waals surface area contributed by atoms with Gasteiger partial charge < -0.3 is 10.1 Å².